The van der Waals surface area contributed by atoms with E-state index < -0.39 is 0 Å². The minimum Gasteiger partial charge on any atom is -0.328 e. The zero-order valence-corrected chi connectivity index (χ0v) is 18.0. The van der Waals surface area contributed by atoms with E-state index in [2.05, 4.69) is 22.6 Å². The van der Waals surface area contributed by atoms with Crippen LogP contribution in [-0.4, -0.2) is 16.0 Å². The van der Waals surface area contributed by atoms with Crippen LogP contribution in [0.25, 0.3) is 10.9 Å². The van der Waals surface area contributed by atoms with E-state index in [4.69, 9.17) is 5.73 Å². The van der Waals surface area contributed by atoms with Gasteiger partial charge in [-0.1, -0.05) is 65.5 Å². The van der Waals surface area contributed by atoms with E-state index in [9.17, 15) is 4.79 Å². The Kier molecular flexibility index (Phi) is 14.0. The first-order chi connectivity index (χ1) is 12.6. The second kappa shape index (κ2) is 14.8. The summed E-state index contributed by atoms with van der Waals surface area (Å²) in [6.45, 7) is 9.94. The van der Waals surface area contributed by atoms with Crippen LogP contribution < -0.4 is 11.3 Å². The maximum atomic E-state index is 11.6. The van der Waals surface area contributed by atoms with Crippen molar-refractivity contribution in [3.63, 3.8) is 0 Å². The van der Waals surface area contributed by atoms with Crippen LogP contribution in [0, 0.1) is 6.92 Å². The van der Waals surface area contributed by atoms with Crippen molar-refractivity contribution in [1.82, 2.24) is 9.97 Å². The maximum Gasteiger partial charge on any atom is 0.258 e. The molecule has 148 valence electrons. The third-order valence-electron chi connectivity index (χ3n) is 4.04. The number of para-hydroxylation sites is 1. The highest BCUT2D eigenvalue weighted by molar-refractivity contribution is 7.79. The Balaban J connectivity index is 0.000000444. The molecule has 1 aliphatic rings. The third-order valence-corrected chi connectivity index (χ3v) is 4.34. The van der Waals surface area contributed by atoms with Gasteiger partial charge in [0.25, 0.3) is 5.56 Å². The Morgan fingerprint density at radius 2 is 1.69 bits per heavy atom. The van der Waals surface area contributed by atoms with Crippen LogP contribution in [-0.2, 0) is 5.75 Å². The van der Waals surface area contributed by atoms with Gasteiger partial charge in [-0.2, -0.15) is 12.6 Å². The molecule has 2 aromatic rings. The van der Waals surface area contributed by atoms with E-state index in [1.165, 1.54) is 38.5 Å². The SMILES string of the molecule is CC.CC.Cc1cccc2c(=O)[nH]c(CS)nc12.NC1CCCCCC1. The van der Waals surface area contributed by atoms with E-state index in [-0.39, 0.29) is 5.56 Å². The van der Waals surface area contributed by atoms with Gasteiger partial charge in [0, 0.05) is 11.8 Å². The minimum atomic E-state index is -0.0947. The van der Waals surface area contributed by atoms with Gasteiger partial charge in [0.1, 0.15) is 5.82 Å². The van der Waals surface area contributed by atoms with Crippen LogP contribution in [0.4, 0.5) is 0 Å². The quantitative estimate of drug-likeness (QED) is 0.460. The summed E-state index contributed by atoms with van der Waals surface area (Å²) < 4.78 is 0. The number of H-pyrrole nitrogens is 1. The maximum absolute atomic E-state index is 11.6. The molecule has 26 heavy (non-hydrogen) atoms. The van der Waals surface area contributed by atoms with Crippen LogP contribution in [0.5, 0.6) is 0 Å². The Labute approximate surface area is 164 Å². The summed E-state index contributed by atoms with van der Waals surface area (Å²) in [4.78, 5) is 18.6. The van der Waals surface area contributed by atoms with Gasteiger partial charge in [0.15, 0.2) is 0 Å². The summed E-state index contributed by atoms with van der Waals surface area (Å²) in [5, 5.41) is 0.635. The van der Waals surface area contributed by atoms with Gasteiger partial charge in [-0.3, -0.25) is 4.79 Å². The first kappa shape index (κ1) is 24.7. The van der Waals surface area contributed by atoms with Crippen LogP contribution in [0.1, 0.15) is 77.6 Å². The van der Waals surface area contributed by atoms with Gasteiger partial charge in [-0.05, 0) is 31.4 Å². The first-order valence-corrected chi connectivity index (χ1v) is 10.6. The zero-order chi connectivity index (χ0) is 19.9. The third kappa shape index (κ3) is 8.37. The Hall–Kier alpha value is -1.33. The molecule has 3 N–H and O–H groups in total. The number of fused-ring (bicyclic) bond motifs is 1. The number of hydrogen-bond donors (Lipinski definition) is 3. The fourth-order valence-electron chi connectivity index (χ4n) is 2.74. The number of thiol groups is 1. The molecule has 1 saturated carbocycles. The highest BCUT2D eigenvalue weighted by Gasteiger charge is 2.05. The predicted octanol–water partition coefficient (Wildman–Crippen LogP) is 5.38. The normalized spacial score (nSPS) is 14.0. The molecule has 0 saturated heterocycles. The molecule has 5 heteroatoms. The largest absolute Gasteiger partial charge is 0.328 e. The number of nitrogens with zero attached hydrogens (tertiary/aromatic N) is 1. The summed E-state index contributed by atoms with van der Waals surface area (Å²) in [7, 11) is 0. The van der Waals surface area contributed by atoms with E-state index >= 15 is 0 Å². The van der Waals surface area contributed by atoms with Crippen LogP contribution in [0.2, 0.25) is 0 Å². The molecule has 4 nitrogen and oxygen atoms in total. The Morgan fingerprint density at radius 3 is 2.23 bits per heavy atom. The molecule has 0 atom stereocenters. The lowest BCUT2D eigenvalue weighted by molar-refractivity contribution is 0.583. The predicted molar refractivity (Wildman–Crippen MR) is 118 cm³/mol. The van der Waals surface area contributed by atoms with Gasteiger partial charge < -0.3 is 10.7 Å². The summed E-state index contributed by atoms with van der Waals surface area (Å²) in [6, 6.07) is 6.10. The molecule has 0 unspecified atom stereocenters. The molecule has 3 rings (SSSR count). The standard InChI is InChI=1S/C10H10N2OS.C7H15N.2C2H6/c1-6-3-2-4-7-9(6)11-8(5-14)12-10(7)13;8-7-5-3-1-2-4-6-7;2*1-2/h2-4,14H,5H2,1H3,(H,11,12,13);7H,1-6,8H2;2*1-2H3. The van der Waals surface area contributed by atoms with Gasteiger partial charge in [0.05, 0.1) is 10.9 Å². The van der Waals surface area contributed by atoms with Crippen molar-refractivity contribution in [1.29, 1.82) is 0 Å². The molecule has 1 aliphatic carbocycles. The van der Waals surface area contributed by atoms with Crippen molar-refractivity contribution < 1.29 is 0 Å². The van der Waals surface area contributed by atoms with E-state index in [0.29, 0.717) is 23.0 Å². The van der Waals surface area contributed by atoms with Crippen molar-refractivity contribution in [2.24, 2.45) is 5.73 Å². The number of nitrogens with two attached hydrogens (primary N) is 1. The molecule has 1 aromatic heterocycles. The lowest BCUT2D eigenvalue weighted by Crippen LogP contribution is -2.17. The van der Waals surface area contributed by atoms with Crippen LogP contribution in [0.3, 0.4) is 0 Å². The second-order valence-electron chi connectivity index (χ2n) is 5.89. The molecular weight excluding hydrogens is 342 g/mol. The van der Waals surface area contributed by atoms with Crippen LogP contribution in [0.15, 0.2) is 23.0 Å². The Morgan fingerprint density at radius 1 is 1.12 bits per heavy atom. The average Bonchev–Trinajstić information content (AvgIpc) is 2.94. The average molecular weight is 380 g/mol. The minimum absolute atomic E-state index is 0.0947. The van der Waals surface area contributed by atoms with Crippen molar-refractivity contribution in [2.75, 3.05) is 0 Å². The lowest BCUT2D eigenvalue weighted by Gasteiger charge is -2.03. The Bertz CT molecular complexity index is 662. The van der Waals surface area contributed by atoms with Gasteiger partial charge in [-0.25, -0.2) is 4.98 Å². The smallest absolute Gasteiger partial charge is 0.258 e. The number of aromatic nitrogens is 2. The molecule has 0 amide bonds. The molecule has 0 spiro atoms. The van der Waals surface area contributed by atoms with E-state index in [0.717, 1.165) is 11.1 Å². The van der Waals surface area contributed by atoms with E-state index in [1.54, 1.807) is 6.07 Å². The zero-order valence-electron chi connectivity index (χ0n) is 17.1. The molecule has 1 aromatic carbocycles. The van der Waals surface area contributed by atoms with Crippen molar-refractivity contribution in [2.45, 2.75) is 84.9 Å². The second-order valence-corrected chi connectivity index (χ2v) is 6.21. The summed E-state index contributed by atoms with van der Waals surface area (Å²) in [6.07, 6.45) is 8.07. The van der Waals surface area contributed by atoms with Crippen molar-refractivity contribution >= 4 is 23.5 Å². The first-order valence-electron chi connectivity index (χ1n) is 9.96. The fraction of sp³-hybridized carbons (Fsp3) is 0.619. The van der Waals surface area contributed by atoms with E-state index in [1.807, 2.05) is 46.8 Å². The highest BCUT2D eigenvalue weighted by Crippen LogP contribution is 2.15. The number of nitrogens with one attached hydrogen (secondary N) is 1. The lowest BCUT2D eigenvalue weighted by atomic mass is 10.1. The monoisotopic (exact) mass is 379 g/mol. The highest BCUT2D eigenvalue weighted by atomic mass is 32.1. The molecule has 1 fully saturated rings. The molecule has 0 aliphatic heterocycles. The van der Waals surface area contributed by atoms with Gasteiger partial charge >= 0.3 is 0 Å². The molecule has 0 radical (unpaired) electrons. The molecule has 0 bridgehead atoms. The number of benzene rings is 1. The fourth-order valence-corrected chi connectivity index (χ4v) is 2.89. The number of aryl methyl sites for hydroxylation is 1. The number of aromatic amines is 1. The number of hydrogen-bond acceptors (Lipinski definition) is 4. The van der Waals surface area contributed by atoms with Crippen molar-refractivity contribution in [3.8, 4) is 0 Å². The summed E-state index contributed by atoms with van der Waals surface area (Å²) >= 11 is 4.08. The summed E-state index contributed by atoms with van der Waals surface area (Å²) in [5.74, 6) is 1.06. The van der Waals surface area contributed by atoms with Gasteiger partial charge in [0.2, 0.25) is 0 Å². The topological polar surface area (TPSA) is 71.8 Å². The van der Waals surface area contributed by atoms with Crippen molar-refractivity contribution in [3.05, 3.63) is 39.9 Å². The molecular formula is C21H37N3OS. The summed E-state index contributed by atoms with van der Waals surface area (Å²) in [5.41, 5.74) is 7.41. The molecule has 1 heterocycles. The number of rotatable bonds is 1. The van der Waals surface area contributed by atoms with Gasteiger partial charge in [-0.15, -0.1) is 0 Å². The van der Waals surface area contributed by atoms with Crippen LogP contribution >= 0.6 is 12.6 Å².